The summed E-state index contributed by atoms with van der Waals surface area (Å²) in [6.07, 6.45) is 5.85. The normalized spacial score (nSPS) is 16.4. The fraction of sp³-hybridized carbons (Fsp3) is 0.158. The summed E-state index contributed by atoms with van der Waals surface area (Å²) in [6.45, 7) is 2.28. The Hall–Kier alpha value is -1.20. The zero-order chi connectivity index (χ0) is 13.5. The van der Waals surface area contributed by atoms with E-state index in [1.807, 2.05) is 0 Å². The van der Waals surface area contributed by atoms with Gasteiger partial charge in [0.1, 0.15) is 0 Å². The minimum atomic E-state index is -0.607. The molecule has 0 amide bonds. The SMILES string of the molecule is CC1=[C]([Zr][CH]2c3ccccc3-c3ccccc32)CC=C1. The molecule has 0 saturated heterocycles. The quantitative estimate of drug-likeness (QED) is 0.718. The Kier molecular flexibility index (Phi) is 3.12. The van der Waals surface area contributed by atoms with E-state index in [1.165, 1.54) is 17.5 Å². The van der Waals surface area contributed by atoms with Crippen LogP contribution < -0.4 is 0 Å². The van der Waals surface area contributed by atoms with Crippen molar-refractivity contribution in [3.05, 3.63) is 80.7 Å². The summed E-state index contributed by atoms with van der Waals surface area (Å²) in [7, 11) is 0. The van der Waals surface area contributed by atoms with Crippen LogP contribution in [0.15, 0.2) is 69.5 Å². The van der Waals surface area contributed by atoms with Crippen LogP contribution in [-0.2, 0) is 23.2 Å². The molecule has 0 nitrogen and oxygen atoms in total. The Balaban J connectivity index is 1.82. The van der Waals surface area contributed by atoms with Gasteiger partial charge in [-0.05, 0) is 0 Å². The first kappa shape index (κ1) is 12.5. The van der Waals surface area contributed by atoms with Crippen molar-refractivity contribution < 1.29 is 23.2 Å². The first-order chi connectivity index (χ1) is 9.84. The second-order valence-corrected chi connectivity index (χ2v) is 9.13. The first-order valence-electron chi connectivity index (χ1n) is 7.15. The van der Waals surface area contributed by atoms with E-state index in [4.69, 9.17) is 0 Å². The predicted molar refractivity (Wildman–Crippen MR) is 80.2 cm³/mol. The average molecular weight is 336 g/mol. The number of fused-ring (bicyclic) bond motifs is 3. The van der Waals surface area contributed by atoms with Crippen molar-refractivity contribution in [2.24, 2.45) is 0 Å². The Morgan fingerprint density at radius 3 is 2.05 bits per heavy atom. The Morgan fingerprint density at radius 2 is 1.50 bits per heavy atom. The van der Waals surface area contributed by atoms with E-state index in [1.54, 1.807) is 20.0 Å². The van der Waals surface area contributed by atoms with Crippen molar-refractivity contribution >= 4 is 0 Å². The third-order valence-electron chi connectivity index (χ3n) is 4.32. The van der Waals surface area contributed by atoms with Crippen molar-refractivity contribution in [2.45, 2.75) is 17.0 Å². The third kappa shape index (κ3) is 1.92. The Bertz CT molecular complexity index is 691. The van der Waals surface area contributed by atoms with Crippen molar-refractivity contribution in [3.8, 4) is 11.1 Å². The van der Waals surface area contributed by atoms with E-state index in [2.05, 4.69) is 67.6 Å². The molecule has 0 fully saturated rings. The monoisotopic (exact) mass is 334 g/mol. The van der Waals surface area contributed by atoms with E-state index in [0.29, 0.717) is 3.63 Å². The summed E-state index contributed by atoms with van der Waals surface area (Å²) in [4.78, 5) is 0. The van der Waals surface area contributed by atoms with Gasteiger partial charge in [0.2, 0.25) is 0 Å². The van der Waals surface area contributed by atoms with Gasteiger partial charge in [0.05, 0.1) is 0 Å². The fourth-order valence-electron chi connectivity index (χ4n) is 3.27. The van der Waals surface area contributed by atoms with Gasteiger partial charge < -0.3 is 0 Å². The summed E-state index contributed by atoms with van der Waals surface area (Å²) in [5.74, 6) is 0. The van der Waals surface area contributed by atoms with Crippen LogP contribution in [0, 0.1) is 0 Å². The van der Waals surface area contributed by atoms with E-state index in [0.717, 1.165) is 0 Å². The molecular formula is C19H16Zr. The number of hydrogen-bond acceptors (Lipinski definition) is 0. The second-order valence-electron chi connectivity index (χ2n) is 5.52. The van der Waals surface area contributed by atoms with Gasteiger partial charge >= 0.3 is 132 Å². The van der Waals surface area contributed by atoms with Crippen LogP contribution in [0.25, 0.3) is 11.1 Å². The van der Waals surface area contributed by atoms with Crippen LogP contribution in [0.3, 0.4) is 0 Å². The molecule has 0 N–H and O–H groups in total. The zero-order valence-corrected chi connectivity index (χ0v) is 14.0. The van der Waals surface area contributed by atoms with Gasteiger partial charge in [-0.2, -0.15) is 0 Å². The van der Waals surface area contributed by atoms with Crippen molar-refractivity contribution in [1.29, 1.82) is 0 Å². The molecule has 2 aliphatic carbocycles. The number of allylic oxidation sites excluding steroid dienone is 4. The van der Waals surface area contributed by atoms with Gasteiger partial charge in [-0.1, -0.05) is 0 Å². The zero-order valence-electron chi connectivity index (χ0n) is 11.6. The van der Waals surface area contributed by atoms with Gasteiger partial charge in [0, 0.05) is 0 Å². The van der Waals surface area contributed by atoms with Crippen molar-refractivity contribution in [1.82, 2.24) is 0 Å². The van der Waals surface area contributed by atoms with Gasteiger partial charge in [-0.3, -0.25) is 0 Å². The van der Waals surface area contributed by atoms with Crippen LogP contribution in [0.4, 0.5) is 0 Å². The van der Waals surface area contributed by atoms with Crippen LogP contribution >= 0.6 is 0 Å². The molecule has 2 aromatic rings. The molecule has 0 aromatic heterocycles. The summed E-state index contributed by atoms with van der Waals surface area (Å²) in [5.41, 5.74) is 7.63. The summed E-state index contributed by atoms with van der Waals surface area (Å²) >= 11 is -0.607. The van der Waals surface area contributed by atoms with Crippen LogP contribution in [0.1, 0.15) is 28.1 Å². The van der Waals surface area contributed by atoms with Crippen LogP contribution in [-0.4, -0.2) is 0 Å². The second kappa shape index (κ2) is 4.97. The van der Waals surface area contributed by atoms with Crippen molar-refractivity contribution in [3.63, 3.8) is 0 Å². The van der Waals surface area contributed by atoms with Crippen LogP contribution in [0.2, 0.25) is 0 Å². The molecule has 0 spiro atoms. The molecule has 4 rings (SSSR count). The van der Waals surface area contributed by atoms with E-state index in [-0.39, 0.29) is 0 Å². The Labute approximate surface area is 131 Å². The maximum atomic E-state index is 2.35. The summed E-state index contributed by atoms with van der Waals surface area (Å²) < 4.78 is 2.47. The minimum absolute atomic E-state index is 0.607. The number of benzene rings is 2. The van der Waals surface area contributed by atoms with Gasteiger partial charge in [-0.15, -0.1) is 0 Å². The molecule has 0 atom stereocenters. The third-order valence-corrected chi connectivity index (χ3v) is 8.88. The molecule has 0 unspecified atom stereocenters. The molecule has 20 heavy (non-hydrogen) atoms. The van der Waals surface area contributed by atoms with E-state index in [9.17, 15) is 0 Å². The molecule has 96 valence electrons. The van der Waals surface area contributed by atoms with Gasteiger partial charge in [-0.25, -0.2) is 0 Å². The predicted octanol–water partition coefficient (Wildman–Crippen LogP) is 5.07. The van der Waals surface area contributed by atoms with E-state index >= 15 is 0 Å². The average Bonchev–Trinajstić information content (AvgIpc) is 3.03. The van der Waals surface area contributed by atoms with Crippen LogP contribution in [0.5, 0.6) is 0 Å². The number of rotatable bonds is 2. The summed E-state index contributed by atoms with van der Waals surface area (Å²) in [6, 6.07) is 18.0. The fourth-order valence-corrected chi connectivity index (χ4v) is 7.48. The number of hydrogen-bond donors (Lipinski definition) is 0. The molecule has 0 radical (unpaired) electrons. The van der Waals surface area contributed by atoms with Gasteiger partial charge in [0.15, 0.2) is 0 Å². The molecule has 0 bridgehead atoms. The molecule has 2 aliphatic rings. The molecule has 1 heteroatoms. The molecule has 2 aromatic carbocycles. The Morgan fingerprint density at radius 1 is 0.900 bits per heavy atom. The van der Waals surface area contributed by atoms with Crippen molar-refractivity contribution in [2.75, 3.05) is 0 Å². The molecule has 0 aliphatic heterocycles. The summed E-state index contributed by atoms with van der Waals surface area (Å²) in [5, 5.41) is 0. The first-order valence-corrected chi connectivity index (χ1v) is 9.80. The van der Waals surface area contributed by atoms with E-state index < -0.39 is 23.2 Å². The topological polar surface area (TPSA) is 0 Å². The molecular weight excluding hydrogens is 319 g/mol. The maximum absolute atomic E-state index is 2.35. The molecule has 0 heterocycles. The van der Waals surface area contributed by atoms with Gasteiger partial charge in [0.25, 0.3) is 0 Å². The standard InChI is InChI=1S/C13H9.C6H7.Zr/c1-3-7-12-10(5-1)9-11-6-2-4-8-13(11)12;1-6-4-2-3-5-6;/h1-9H;2,4H,3H2,1H3;. The molecule has 0 saturated carbocycles.